The predicted octanol–water partition coefficient (Wildman–Crippen LogP) is 4.43. The number of pyridine rings is 3. The second kappa shape index (κ2) is 13.9. The third-order valence-electron chi connectivity index (χ3n) is 8.48. The highest BCUT2D eigenvalue weighted by atomic mass is 32.2. The zero-order valence-corrected chi connectivity index (χ0v) is 29.3. The van der Waals surface area contributed by atoms with Crippen LogP contribution in [0.1, 0.15) is 28.0 Å². The highest BCUT2D eigenvalue weighted by molar-refractivity contribution is 7.90. The fourth-order valence-electron chi connectivity index (χ4n) is 5.82. The van der Waals surface area contributed by atoms with Crippen LogP contribution in [0.25, 0.3) is 22.3 Å². The van der Waals surface area contributed by atoms with Gasteiger partial charge in [-0.25, -0.2) is 40.3 Å². The topological polar surface area (TPSA) is 194 Å². The summed E-state index contributed by atoms with van der Waals surface area (Å²) in [6.45, 7) is 0.823. The molecule has 2 N–H and O–H groups in total. The first kappa shape index (κ1) is 36.3. The number of sulfonamides is 1. The third kappa shape index (κ3) is 7.73. The number of piperidine rings is 1. The Labute approximate surface area is 297 Å². The maximum absolute atomic E-state index is 15.4. The second-order valence-corrected chi connectivity index (χ2v) is 15.9. The molecule has 0 spiro atoms. The van der Waals surface area contributed by atoms with Crippen LogP contribution in [0.3, 0.4) is 0 Å². The number of carbonyl (C=O) groups is 1. The van der Waals surface area contributed by atoms with E-state index >= 15 is 8.78 Å². The molecule has 0 bridgehead atoms. The summed E-state index contributed by atoms with van der Waals surface area (Å²) < 4.78 is 82.9. The number of benzene rings is 2. The van der Waals surface area contributed by atoms with E-state index in [1.807, 2.05) is 4.72 Å². The summed E-state index contributed by atoms with van der Waals surface area (Å²) in [5, 5.41) is 14.8. The molecule has 1 fully saturated rings. The number of sulfone groups is 1. The van der Waals surface area contributed by atoms with Crippen LogP contribution < -0.4 is 14.9 Å². The largest absolute Gasteiger partial charge is 0.350 e. The van der Waals surface area contributed by atoms with Crippen molar-refractivity contribution in [1.29, 1.82) is 0 Å². The van der Waals surface area contributed by atoms with Crippen molar-refractivity contribution in [3.63, 3.8) is 0 Å². The van der Waals surface area contributed by atoms with Gasteiger partial charge in [0.2, 0.25) is 10.0 Å². The number of nitro groups is 1. The van der Waals surface area contributed by atoms with E-state index in [-0.39, 0.29) is 35.8 Å². The predicted molar refractivity (Wildman–Crippen MR) is 187 cm³/mol. The summed E-state index contributed by atoms with van der Waals surface area (Å²) in [6, 6.07) is 17.2. The summed E-state index contributed by atoms with van der Waals surface area (Å²) in [4.78, 5) is 37.6. The van der Waals surface area contributed by atoms with Crippen LogP contribution in [-0.4, -0.2) is 73.9 Å². The van der Waals surface area contributed by atoms with Crippen molar-refractivity contribution < 1.29 is 35.3 Å². The van der Waals surface area contributed by atoms with Gasteiger partial charge in [0, 0.05) is 36.0 Å². The highest BCUT2D eigenvalue weighted by Gasteiger charge is 2.47. The summed E-state index contributed by atoms with van der Waals surface area (Å²) >= 11 is 0. The van der Waals surface area contributed by atoms with Crippen LogP contribution >= 0.6 is 0 Å². The number of alkyl halides is 2. The fourth-order valence-corrected chi connectivity index (χ4v) is 8.28. The first-order chi connectivity index (χ1) is 24.5. The Morgan fingerprint density at radius 1 is 0.981 bits per heavy atom. The van der Waals surface area contributed by atoms with E-state index in [2.05, 4.69) is 20.3 Å². The van der Waals surface area contributed by atoms with E-state index in [4.69, 9.17) is 0 Å². The molecular formula is C34H31F2N7O7S2. The van der Waals surface area contributed by atoms with E-state index in [0.717, 1.165) is 18.4 Å². The lowest BCUT2D eigenvalue weighted by Gasteiger charge is -2.39. The number of hydrogen-bond acceptors (Lipinski definition) is 11. The van der Waals surface area contributed by atoms with Gasteiger partial charge in [0.05, 0.1) is 51.5 Å². The first-order valence-corrected chi connectivity index (χ1v) is 19.1. The Morgan fingerprint density at radius 3 is 2.46 bits per heavy atom. The third-order valence-corrected chi connectivity index (χ3v) is 11.2. The maximum atomic E-state index is 15.4. The van der Waals surface area contributed by atoms with Gasteiger partial charge in [-0.15, -0.1) is 0 Å². The first-order valence-electron chi connectivity index (χ1n) is 15.7. The Bertz CT molecular complexity index is 2450. The second-order valence-electron chi connectivity index (χ2n) is 12.3. The minimum atomic E-state index is -4.64. The Kier molecular flexibility index (Phi) is 9.73. The molecule has 1 unspecified atom stereocenters. The molecule has 18 heteroatoms. The van der Waals surface area contributed by atoms with Gasteiger partial charge in [-0.05, 0) is 67.4 Å². The quantitative estimate of drug-likeness (QED) is 0.151. The van der Waals surface area contributed by atoms with Crippen LogP contribution in [0.5, 0.6) is 0 Å². The van der Waals surface area contributed by atoms with Crippen molar-refractivity contribution in [2.45, 2.75) is 41.6 Å². The molecule has 1 saturated heterocycles. The number of aryl methyl sites for hydroxylation is 1. The van der Waals surface area contributed by atoms with Gasteiger partial charge in [0.15, 0.2) is 14.7 Å². The van der Waals surface area contributed by atoms with Crippen molar-refractivity contribution in [3.05, 3.63) is 112 Å². The molecular weight excluding hydrogens is 721 g/mol. The molecule has 0 aliphatic carbocycles. The van der Waals surface area contributed by atoms with Crippen LogP contribution in [0.2, 0.25) is 0 Å². The summed E-state index contributed by atoms with van der Waals surface area (Å²) in [6.07, 6.45) is 2.36. The lowest BCUT2D eigenvalue weighted by molar-refractivity contribution is -0.387. The number of nitrogens with zero attached hydrogens (tertiary/aromatic N) is 5. The molecule has 1 aliphatic rings. The van der Waals surface area contributed by atoms with E-state index < -0.39 is 59.8 Å². The minimum absolute atomic E-state index is 0.0141. The van der Waals surface area contributed by atoms with Crippen molar-refractivity contribution in [1.82, 2.24) is 25.0 Å². The molecule has 3 aromatic heterocycles. The van der Waals surface area contributed by atoms with Crippen LogP contribution in [-0.2, 0) is 26.4 Å². The molecule has 14 nitrogen and oxygen atoms in total. The molecule has 270 valence electrons. The van der Waals surface area contributed by atoms with Crippen molar-refractivity contribution >= 4 is 48.2 Å². The Morgan fingerprint density at radius 2 is 1.73 bits per heavy atom. The SMILES string of the molecule is Cc1ccc(C(=O)NCc2cc3nc(-c4cccc(N5CCC(NS(=O)(=O)c6ccccc6[N+](=O)[O-])C(F)(F)C5)n4)ccc3cn2)cc1S(C)(=O)=O. The van der Waals surface area contributed by atoms with E-state index in [0.29, 0.717) is 33.5 Å². The standard InChI is InChI=1S/C34H31F2N7O7S2/c1-21-10-11-22(16-30(21)51(2,47)48)33(44)38-19-24-17-27-23(18-37-24)12-13-26(39-27)25-6-5-9-32(40-25)42-15-14-31(34(35,36)20-42)41-52(49,50)29-8-4-3-7-28(29)43(45)46/h3-13,16-18,31,41H,14-15,19-20H2,1-2H3,(H,38,44). The van der Waals surface area contributed by atoms with Gasteiger partial charge in [0.25, 0.3) is 17.5 Å². The van der Waals surface area contributed by atoms with Crippen molar-refractivity contribution in [3.8, 4) is 11.4 Å². The Hall–Kier alpha value is -5.46. The number of halogens is 2. The monoisotopic (exact) mass is 751 g/mol. The summed E-state index contributed by atoms with van der Waals surface area (Å²) in [5.74, 6) is -3.82. The number of carbonyl (C=O) groups excluding carboxylic acids is 1. The van der Waals surface area contributed by atoms with Gasteiger partial charge in [-0.1, -0.05) is 24.3 Å². The number of amides is 1. The van der Waals surface area contributed by atoms with Gasteiger partial charge in [-0.2, -0.15) is 0 Å². The lowest BCUT2D eigenvalue weighted by atomic mass is 10.0. The maximum Gasteiger partial charge on any atom is 0.289 e. The minimum Gasteiger partial charge on any atom is -0.350 e. The highest BCUT2D eigenvalue weighted by Crippen LogP contribution is 2.33. The number of fused-ring (bicyclic) bond motifs is 1. The average molecular weight is 752 g/mol. The van der Waals surface area contributed by atoms with Crippen LogP contribution in [0.4, 0.5) is 20.3 Å². The smallest absolute Gasteiger partial charge is 0.289 e. The molecule has 52 heavy (non-hydrogen) atoms. The molecule has 6 rings (SSSR count). The molecule has 5 aromatic rings. The summed E-state index contributed by atoms with van der Waals surface area (Å²) in [5.41, 5.74) is 1.81. The van der Waals surface area contributed by atoms with Crippen LogP contribution in [0, 0.1) is 17.0 Å². The number of para-hydroxylation sites is 1. The molecule has 4 heterocycles. The van der Waals surface area contributed by atoms with Gasteiger partial charge < -0.3 is 10.2 Å². The number of hydrogen-bond donors (Lipinski definition) is 2. The van der Waals surface area contributed by atoms with E-state index in [9.17, 15) is 31.7 Å². The number of nitro benzene ring substituents is 1. The zero-order valence-electron chi connectivity index (χ0n) is 27.7. The van der Waals surface area contributed by atoms with Crippen molar-refractivity contribution in [2.24, 2.45) is 0 Å². The normalized spacial score (nSPS) is 16.1. The zero-order chi connectivity index (χ0) is 37.4. The molecule has 0 radical (unpaired) electrons. The number of anilines is 1. The molecule has 1 atom stereocenters. The summed E-state index contributed by atoms with van der Waals surface area (Å²) in [7, 11) is -8.17. The number of aromatic nitrogens is 3. The number of rotatable bonds is 10. The van der Waals surface area contributed by atoms with Gasteiger partial charge in [0.1, 0.15) is 5.82 Å². The van der Waals surface area contributed by atoms with Gasteiger partial charge in [-0.3, -0.25) is 19.9 Å². The molecule has 1 aliphatic heterocycles. The molecule has 1 amide bonds. The van der Waals surface area contributed by atoms with Crippen molar-refractivity contribution in [2.75, 3.05) is 24.2 Å². The number of nitrogens with one attached hydrogen (secondary N) is 2. The average Bonchev–Trinajstić information content (AvgIpc) is 3.10. The molecule has 0 saturated carbocycles. The van der Waals surface area contributed by atoms with E-state index in [1.54, 1.807) is 55.6 Å². The van der Waals surface area contributed by atoms with E-state index in [1.165, 1.54) is 29.2 Å². The molecule has 2 aromatic carbocycles. The Balaban J connectivity index is 1.16. The van der Waals surface area contributed by atoms with Gasteiger partial charge >= 0.3 is 0 Å². The fraction of sp³-hybridized carbons (Fsp3) is 0.235. The van der Waals surface area contributed by atoms with Crippen LogP contribution in [0.15, 0.2) is 94.9 Å². The lowest BCUT2D eigenvalue weighted by Crippen LogP contribution is -2.58.